The fraction of sp³-hybridized carbons (Fsp3) is 0.178. The smallest absolute Gasteiger partial charge is 0.225 e. The van der Waals surface area contributed by atoms with Crippen LogP contribution in [0.3, 0.4) is 0 Å². The van der Waals surface area contributed by atoms with Gasteiger partial charge in [-0.1, -0.05) is 74.2 Å². The van der Waals surface area contributed by atoms with Crippen LogP contribution < -0.4 is 0 Å². The van der Waals surface area contributed by atoms with Crippen LogP contribution in [0.25, 0.3) is 67.0 Å². The largest absolute Gasteiger partial charge is 0.501 e. The normalized spacial score (nSPS) is 14.9. The molecule has 0 fully saturated rings. The van der Waals surface area contributed by atoms with E-state index in [1.165, 1.54) is 24.7 Å². The van der Waals surface area contributed by atoms with Crippen molar-refractivity contribution in [2.45, 2.75) is 47.7 Å². The van der Waals surface area contributed by atoms with Crippen molar-refractivity contribution in [2.24, 2.45) is 5.41 Å². The third kappa shape index (κ3) is 7.93. The maximum atomic E-state index is 8.94. The van der Waals surface area contributed by atoms with Crippen LogP contribution in [-0.2, 0) is 26.5 Å². The maximum Gasteiger partial charge on any atom is 0.225 e. The topological polar surface area (TPSA) is 65.0 Å². The van der Waals surface area contributed by atoms with Gasteiger partial charge in [0.05, 0.1) is 13.2 Å². The molecule has 0 unspecified atom stereocenters. The molecule has 4 aromatic heterocycles. The molecule has 4 heterocycles. The molecular weight excluding hydrogens is 807 g/mol. The summed E-state index contributed by atoms with van der Waals surface area (Å²) in [5.41, 5.74) is 4.96. The van der Waals surface area contributed by atoms with Crippen molar-refractivity contribution in [3.63, 3.8) is 0 Å². The van der Waals surface area contributed by atoms with Gasteiger partial charge in [-0.3, -0.25) is 0 Å². The monoisotopic (exact) mass is 856 g/mol. The Bertz CT molecular complexity index is 2790. The zero-order chi connectivity index (χ0) is 43.2. The summed E-state index contributed by atoms with van der Waals surface area (Å²) >= 11 is 0. The predicted molar refractivity (Wildman–Crippen MR) is 203 cm³/mol. The minimum atomic E-state index is -2.62. The number of oxazole rings is 1. The van der Waals surface area contributed by atoms with E-state index in [0.717, 1.165) is 27.6 Å². The Kier molecular flexibility index (Phi) is 7.32. The van der Waals surface area contributed by atoms with E-state index in [-0.39, 0.29) is 59.4 Å². The molecule has 0 atom stereocenters. The maximum absolute atomic E-state index is 8.94. The predicted octanol–water partition coefficient (Wildman–Crippen LogP) is 11.8. The Hall–Kier alpha value is -5.16. The molecule has 257 valence electrons. The Morgan fingerprint density at radius 1 is 0.784 bits per heavy atom. The number of aryl methyl sites for hydroxylation is 3. The van der Waals surface area contributed by atoms with Gasteiger partial charge in [-0.2, -0.15) is 0 Å². The van der Waals surface area contributed by atoms with Gasteiger partial charge in [0, 0.05) is 55.8 Å². The average molecular weight is 856 g/mol. The standard InChI is InChI=1S/C33H29N2O2.C12H10N.Ir/c1-20-15-22(18-33(3,4)5)9-11-24(20)28-17-29(35-19-21(28)2)27-8-6-7-26-25-12-10-23(32-34-13-14-36-32)16-30(25)37-31(26)27;1-10-7-8-12(13-9-10)11-5-3-2-4-6-11;/h6-7,9-17,19H,18H2,1-5H3;2-5,7-9H,1H3;/q2*-1;/i1D3,2D3,11D;1D3;. The first-order valence-corrected chi connectivity index (χ1v) is 16.0. The van der Waals surface area contributed by atoms with Gasteiger partial charge in [-0.05, 0) is 89.3 Å². The van der Waals surface area contributed by atoms with Crippen LogP contribution in [0.4, 0.5) is 0 Å². The van der Waals surface area contributed by atoms with Crippen molar-refractivity contribution >= 4 is 21.9 Å². The number of aromatic nitrogens is 3. The fourth-order valence-electron chi connectivity index (χ4n) is 5.81. The van der Waals surface area contributed by atoms with E-state index in [9.17, 15) is 0 Å². The van der Waals surface area contributed by atoms with Crippen LogP contribution in [0.2, 0.25) is 0 Å². The van der Waals surface area contributed by atoms with E-state index in [0.29, 0.717) is 40.3 Å². The summed E-state index contributed by atoms with van der Waals surface area (Å²) in [7, 11) is 0. The van der Waals surface area contributed by atoms with Gasteiger partial charge in [0.15, 0.2) is 0 Å². The molecule has 6 heteroatoms. The van der Waals surface area contributed by atoms with Crippen LogP contribution in [0.5, 0.6) is 0 Å². The van der Waals surface area contributed by atoms with Gasteiger partial charge in [0.1, 0.15) is 11.8 Å². The summed E-state index contributed by atoms with van der Waals surface area (Å²) in [5.74, 6) is 0.454. The van der Waals surface area contributed by atoms with Crippen LogP contribution >= 0.6 is 0 Å². The fourth-order valence-corrected chi connectivity index (χ4v) is 5.81. The zero-order valence-electron chi connectivity index (χ0n) is 38.1. The molecule has 1 radical (unpaired) electrons. The first kappa shape index (κ1) is 24.9. The molecule has 0 saturated carbocycles. The van der Waals surface area contributed by atoms with E-state index in [1.807, 2.05) is 63.2 Å². The molecule has 0 aliphatic heterocycles. The summed E-state index contributed by atoms with van der Waals surface area (Å²) in [6, 6.07) is 30.9. The first-order chi connectivity index (χ1) is 28.2. The minimum Gasteiger partial charge on any atom is -0.501 e. The van der Waals surface area contributed by atoms with E-state index >= 15 is 0 Å². The Morgan fingerprint density at radius 2 is 1.67 bits per heavy atom. The van der Waals surface area contributed by atoms with Crippen LogP contribution in [0, 0.1) is 38.1 Å². The van der Waals surface area contributed by atoms with E-state index in [2.05, 4.69) is 27.1 Å². The van der Waals surface area contributed by atoms with Crippen molar-refractivity contribution in [2.75, 3.05) is 0 Å². The van der Waals surface area contributed by atoms with Crippen molar-refractivity contribution in [1.82, 2.24) is 15.0 Å². The molecule has 4 aromatic carbocycles. The summed E-state index contributed by atoms with van der Waals surface area (Å²) < 4.78 is 92.1. The van der Waals surface area contributed by atoms with E-state index in [1.54, 1.807) is 42.6 Å². The second kappa shape index (κ2) is 15.0. The van der Waals surface area contributed by atoms with Gasteiger partial charge in [-0.25, -0.2) is 4.98 Å². The Morgan fingerprint density at radius 3 is 2.39 bits per heavy atom. The number of nitrogens with zero attached hydrogens (tertiary/aromatic N) is 3. The number of rotatable bonds is 5. The summed E-state index contributed by atoms with van der Waals surface area (Å²) in [6.07, 6.45) is 6.24. The number of fused-ring (bicyclic) bond motifs is 3. The molecule has 0 bridgehead atoms. The van der Waals surface area contributed by atoms with Crippen molar-refractivity contribution in [1.29, 1.82) is 0 Å². The van der Waals surface area contributed by atoms with Gasteiger partial charge >= 0.3 is 0 Å². The molecule has 8 rings (SSSR count). The van der Waals surface area contributed by atoms with Crippen LogP contribution in [0.15, 0.2) is 125 Å². The molecule has 0 saturated heterocycles. The third-order valence-corrected chi connectivity index (χ3v) is 8.03. The van der Waals surface area contributed by atoms with Crippen molar-refractivity contribution in [3.05, 3.63) is 150 Å². The SMILES string of the molecule is [2H]C([2H])([2H])c1ccc(-c2[c-]cccc2)nc1.[2H]c1cc(CC(C)(C)C)cc(C([2H])([2H])[2H])c1-c1cc(-c2[c-]ccc3c2oc2cc(-c4ncco4)ccc23)ncc1C([2H])([2H])[2H].[Ir]. The number of hydrogen-bond acceptors (Lipinski definition) is 5. The van der Waals surface area contributed by atoms with Gasteiger partial charge < -0.3 is 18.8 Å². The average Bonchev–Trinajstić information content (AvgIpc) is 3.85. The van der Waals surface area contributed by atoms with E-state index < -0.39 is 20.6 Å². The summed E-state index contributed by atoms with van der Waals surface area (Å²) in [5, 5.41) is 1.64. The molecule has 0 spiro atoms. The van der Waals surface area contributed by atoms with Gasteiger partial charge in [0.2, 0.25) is 5.89 Å². The molecule has 8 aromatic rings. The summed E-state index contributed by atoms with van der Waals surface area (Å²) in [4.78, 5) is 12.8. The summed E-state index contributed by atoms with van der Waals surface area (Å²) in [6.45, 7) is -1.21. The van der Waals surface area contributed by atoms with Crippen molar-refractivity contribution < 1.29 is 42.6 Å². The minimum absolute atomic E-state index is 0. The molecule has 0 N–H and O–H groups in total. The quantitative estimate of drug-likeness (QED) is 0.161. The number of hydrogen-bond donors (Lipinski definition) is 0. The van der Waals surface area contributed by atoms with Gasteiger partial charge in [0.25, 0.3) is 0 Å². The molecule has 5 nitrogen and oxygen atoms in total. The zero-order valence-corrected chi connectivity index (χ0v) is 30.5. The third-order valence-electron chi connectivity index (χ3n) is 8.03. The Labute approximate surface area is 327 Å². The Balaban J connectivity index is 0.000000307. The van der Waals surface area contributed by atoms with Crippen molar-refractivity contribution in [3.8, 4) is 45.1 Å². The first-order valence-electron chi connectivity index (χ1n) is 21.0. The molecule has 0 amide bonds. The molecular formula is C45H39IrN3O2-2. The number of pyridine rings is 2. The molecule has 0 aliphatic rings. The molecule has 0 aliphatic carbocycles. The number of furan rings is 1. The molecule has 51 heavy (non-hydrogen) atoms. The second-order valence-corrected chi connectivity index (χ2v) is 13.1. The number of benzene rings is 4. The van der Waals surface area contributed by atoms with Crippen LogP contribution in [0.1, 0.15) is 56.7 Å². The second-order valence-electron chi connectivity index (χ2n) is 13.1. The van der Waals surface area contributed by atoms with Crippen LogP contribution in [-0.4, -0.2) is 15.0 Å². The van der Waals surface area contributed by atoms with E-state index in [4.69, 9.17) is 22.5 Å². The van der Waals surface area contributed by atoms with Gasteiger partial charge in [-0.15, -0.1) is 54.1 Å².